The van der Waals surface area contributed by atoms with Crippen LogP contribution in [0.3, 0.4) is 0 Å². The van der Waals surface area contributed by atoms with Gasteiger partial charge in [0.15, 0.2) is 6.73 Å². The van der Waals surface area contributed by atoms with Crippen molar-refractivity contribution in [3.05, 3.63) is 118 Å². The second-order valence-corrected chi connectivity index (χ2v) is 16.4. The third-order valence-electron chi connectivity index (χ3n) is 11.1. The molecule has 4 aromatic carbocycles. The molecule has 300 valence electrons. The molecule has 0 spiro atoms. The Hall–Kier alpha value is -4.97. The van der Waals surface area contributed by atoms with Crippen molar-refractivity contribution >= 4 is 50.5 Å². The quantitative estimate of drug-likeness (QED) is 0.0446. The molecule has 5 N–H and O–H groups in total. The standard InChI is InChI=1S/C46H56N6O4S/c1-4-5-6-7-8-9-10-11-12-13-18-32(2)56-49-44(53)42-36-20-15-14-19-33(36)23-24-37(42)46(54)27-25-35(26-28-46)55-31-52-40-30-34(29-38(47)43(40)48-50-52)45-51(3)39-21-16-17-22-41(39)57-45/h14-17,19-27,29-30,32,50,54H,4-13,18,28,31,47H2,1-3H3,(H,49,53). The summed E-state index contributed by atoms with van der Waals surface area (Å²) in [7, 11) is 2.06. The number of carbonyl (C=O) groups excluding carboxylic acids is 1. The number of rotatable bonds is 18. The summed E-state index contributed by atoms with van der Waals surface area (Å²) in [5.74, 6) is 0.209. The van der Waals surface area contributed by atoms with Crippen LogP contribution in [0.25, 0.3) is 15.8 Å². The molecule has 0 saturated carbocycles. The van der Waals surface area contributed by atoms with Crippen molar-refractivity contribution < 1.29 is 19.5 Å². The van der Waals surface area contributed by atoms with Crippen molar-refractivity contribution in [1.82, 2.24) is 11.0 Å². The number of nitrogens with one attached hydrogen (secondary N) is 2. The Labute approximate surface area is 340 Å². The number of fused-ring (bicyclic) bond motifs is 3. The summed E-state index contributed by atoms with van der Waals surface area (Å²) in [4.78, 5) is 23.2. The molecular weight excluding hydrogens is 733 g/mol. The van der Waals surface area contributed by atoms with Gasteiger partial charge in [-0.25, -0.2) is 16.0 Å². The first-order valence-corrected chi connectivity index (χ1v) is 21.4. The number of hydroxylamine groups is 1. The topological polar surface area (TPSA) is 125 Å². The summed E-state index contributed by atoms with van der Waals surface area (Å²) >= 11 is 1.71. The van der Waals surface area contributed by atoms with Gasteiger partial charge in [0.05, 0.1) is 33.8 Å². The number of allylic oxidation sites excluding steroid dienone is 1. The minimum absolute atomic E-state index is 0.131. The predicted octanol–water partition coefficient (Wildman–Crippen LogP) is 8.66. The summed E-state index contributed by atoms with van der Waals surface area (Å²) in [5.41, 5.74) is 14.3. The van der Waals surface area contributed by atoms with Crippen LogP contribution in [0.4, 0.5) is 17.1 Å². The van der Waals surface area contributed by atoms with Crippen LogP contribution >= 0.6 is 11.8 Å². The van der Waals surface area contributed by atoms with Crippen LogP contribution in [0.15, 0.2) is 107 Å². The number of aliphatic hydroxyl groups is 1. The van der Waals surface area contributed by atoms with Crippen molar-refractivity contribution in [1.29, 1.82) is 0 Å². The SMILES string of the molecule is CCCCCCCCCCCCC(C)ONC(=O)c1c(C2(O)C=CC(OCN3NN=c4c(N)cc(=C5Sc6ccccc6N5C)cc43)=CC2)ccc2ccccc12. The average molecular weight is 789 g/mol. The van der Waals surface area contributed by atoms with Gasteiger partial charge in [-0.2, -0.15) is 5.10 Å². The van der Waals surface area contributed by atoms with Gasteiger partial charge in [0, 0.05) is 29.1 Å². The van der Waals surface area contributed by atoms with E-state index >= 15 is 0 Å². The second kappa shape index (κ2) is 18.5. The van der Waals surface area contributed by atoms with Gasteiger partial charge in [0.1, 0.15) is 16.7 Å². The van der Waals surface area contributed by atoms with Gasteiger partial charge < -0.3 is 20.5 Å². The molecule has 2 aliphatic heterocycles. The van der Waals surface area contributed by atoms with Gasteiger partial charge in [-0.3, -0.25) is 9.63 Å². The number of nitrogens with zero attached hydrogens (tertiary/aromatic N) is 3. The third-order valence-corrected chi connectivity index (χ3v) is 12.4. The number of nitrogen functional groups attached to an aromatic ring is 1. The van der Waals surface area contributed by atoms with Crippen LogP contribution < -0.4 is 37.2 Å². The molecule has 10 nitrogen and oxygen atoms in total. The van der Waals surface area contributed by atoms with Gasteiger partial charge in [-0.1, -0.05) is 131 Å². The minimum Gasteiger partial charge on any atom is -0.472 e. The molecule has 57 heavy (non-hydrogen) atoms. The predicted molar refractivity (Wildman–Crippen MR) is 231 cm³/mol. The first-order valence-electron chi connectivity index (χ1n) is 20.5. The zero-order valence-corrected chi connectivity index (χ0v) is 34.2. The largest absolute Gasteiger partial charge is 0.472 e. The lowest BCUT2D eigenvalue weighted by atomic mass is 9.82. The highest BCUT2D eigenvalue weighted by Gasteiger charge is 2.34. The number of para-hydroxylation sites is 1. The van der Waals surface area contributed by atoms with E-state index in [1.807, 2.05) is 67.6 Å². The summed E-state index contributed by atoms with van der Waals surface area (Å²) in [6, 6.07) is 23.8. The summed E-state index contributed by atoms with van der Waals surface area (Å²) in [6.07, 6.45) is 19.0. The van der Waals surface area contributed by atoms with E-state index in [4.69, 9.17) is 15.3 Å². The number of benzene rings is 4. The van der Waals surface area contributed by atoms with Crippen LogP contribution in [0.2, 0.25) is 0 Å². The van der Waals surface area contributed by atoms with Crippen LogP contribution in [0.1, 0.15) is 107 Å². The Balaban J connectivity index is 0.967. The molecule has 0 aromatic heterocycles. The summed E-state index contributed by atoms with van der Waals surface area (Å²) in [6.45, 7) is 4.39. The Morgan fingerprint density at radius 1 is 0.982 bits per heavy atom. The smallest absolute Gasteiger partial charge is 0.275 e. The first kappa shape index (κ1) is 40.2. The number of amides is 1. The fourth-order valence-electron chi connectivity index (χ4n) is 7.83. The maximum Gasteiger partial charge on any atom is 0.275 e. The van der Waals surface area contributed by atoms with Crippen LogP contribution in [0.5, 0.6) is 0 Å². The molecular formula is C46H56N6O4S. The number of hydrogen-bond acceptors (Lipinski definition) is 10. The molecule has 0 bridgehead atoms. The van der Waals surface area contributed by atoms with E-state index in [0.29, 0.717) is 27.9 Å². The molecule has 3 aliphatic rings. The lowest BCUT2D eigenvalue weighted by Gasteiger charge is -2.30. The molecule has 2 unspecified atom stereocenters. The number of anilines is 3. The zero-order chi connectivity index (χ0) is 39.8. The fourth-order valence-corrected chi connectivity index (χ4v) is 8.96. The number of hydrogen-bond donors (Lipinski definition) is 4. The fraction of sp³-hybridized carbons (Fsp3) is 0.391. The summed E-state index contributed by atoms with van der Waals surface area (Å²) < 4.78 is 6.22. The normalized spacial score (nSPS) is 18.5. The highest BCUT2D eigenvalue weighted by Crippen LogP contribution is 2.45. The molecule has 7 rings (SSSR count). The molecule has 4 aromatic rings. The highest BCUT2D eigenvalue weighted by atomic mass is 32.2. The third kappa shape index (κ3) is 9.27. The van der Waals surface area contributed by atoms with Gasteiger partial charge in [-0.05, 0) is 66.6 Å². The van der Waals surface area contributed by atoms with E-state index in [1.54, 1.807) is 28.9 Å². The number of unbranched alkanes of at least 4 members (excludes halogenated alkanes) is 9. The Bertz CT molecular complexity index is 2260. The first-order chi connectivity index (χ1) is 27.8. The number of carbonyl (C=O) groups is 1. The van der Waals surface area contributed by atoms with Crippen LogP contribution in [-0.2, 0) is 15.2 Å². The van der Waals surface area contributed by atoms with E-state index in [2.05, 4.69) is 53.2 Å². The van der Waals surface area contributed by atoms with Crippen LogP contribution in [-0.4, -0.2) is 30.9 Å². The van der Waals surface area contributed by atoms with E-state index in [9.17, 15) is 9.90 Å². The molecule has 0 radical (unpaired) electrons. The Morgan fingerprint density at radius 3 is 2.47 bits per heavy atom. The number of ether oxygens (including phenoxy) is 1. The monoisotopic (exact) mass is 788 g/mol. The lowest BCUT2D eigenvalue weighted by Crippen LogP contribution is -2.35. The van der Waals surface area contributed by atoms with Crippen molar-refractivity contribution in [2.75, 3.05) is 29.4 Å². The van der Waals surface area contributed by atoms with Crippen LogP contribution in [0, 0.1) is 0 Å². The van der Waals surface area contributed by atoms with Gasteiger partial charge in [0.25, 0.3) is 5.91 Å². The van der Waals surface area contributed by atoms with Gasteiger partial charge in [-0.15, -0.1) is 0 Å². The van der Waals surface area contributed by atoms with E-state index in [0.717, 1.165) is 45.2 Å². The zero-order valence-electron chi connectivity index (χ0n) is 33.4. The van der Waals surface area contributed by atoms with Gasteiger partial charge in [0.2, 0.25) is 0 Å². The number of nitrogens with two attached hydrogens (primary N) is 1. The molecule has 2 atom stereocenters. The second-order valence-electron chi connectivity index (χ2n) is 15.4. The lowest BCUT2D eigenvalue weighted by molar-refractivity contribution is -0.0122. The van der Waals surface area contributed by atoms with Crippen molar-refractivity contribution in [3.63, 3.8) is 0 Å². The minimum atomic E-state index is -1.44. The molecule has 1 amide bonds. The van der Waals surface area contributed by atoms with Crippen molar-refractivity contribution in [3.8, 4) is 0 Å². The molecule has 0 fully saturated rings. The Kier molecular flexibility index (Phi) is 13.1. The van der Waals surface area contributed by atoms with Crippen molar-refractivity contribution in [2.45, 2.75) is 107 Å². The van der Waals surface area contributed by atoms with E-state index in [-0.39, 0.29) is 25.2 Å². The summed E-state index contributed by atoms with van der Waals surface area (Å²) in [5, 5.41) is 22.7. The van der Waals surface area contributed by atoms with Gasteiger partial charge >= 0.3 is 0 Å². The molecule has 1 aliphatic carbocycles. The Morgan fingerprint density at radius 2 is 1.72 bits per heavy atom. The molecule has 11 heteroatoms. The number of hydrazine groups is 1. The average Bonchev–Trinajstić information content (AvgIpc) is 3.80. The number of thioether (sulfide) groups is 1. The molecule has 0 saturated heterocycles. The van der Waals surface area contributed by atoms with E-state index < -0.39 is 5.60 Å². The molecule has 2 heterocycles. The van der Waals surface area contributed by atoms with E-state index in [1.165, 1.54) is 62.7 Å². The maximum atomic E-state index is 13.9. The van der Waals surface area contributed by atoms with Crippen molar-refractivity contribution in [2.24, 2.45) is 5.10 Å². The highest BCUT2D eigenvalue weighted by molar-refractivity contribution is 8.08. The maximum absolute atomic E-state index is 13.9.